The minimum atomic E-state index is 0.183. The molecule has 3 nitrogen and oxygen atoms in total. The van der Waals surface area contributed by atoms with Crippen molar-refractivity contribution in [1.29, 1.82) is 0 Å². The van der Waals surface area contributed by atoms with Crippen molar-refractivity contribution in [3.05, 3.63) is 0 Å². The van der Waals surface area contributed by atoms with Crippen molar-refractivity contribution in [1.82, 2.24) is 10.2 Å². The van der Waals surface area contributed by atoms with E-state index in [0.717, 1.165) is 25.6 Å². The van der Waals surface area contributed by atoms with Crippen molar-refractivity contribution >= 4 is 0 Å². The van der Waals surface area contributed by atoms with Crippen molar-refractivity contribution in [3.63, 3.8) is 0 Å². The topological polar surface area (TPSA) is 24.5 Å². The first kappa shape index (κ1) is 15.9. The summed E-state index contributed by atoms with van der Waals surface area (Å²) in [6, 6.07) is 0.748. The van der Waals surface area contributed by atoms with Gasteiger partial charge in [-0.1, -0.05) is 6.92 Å². The second-order valence-corrected chi connectivity index (χ2v) is 6.60. The maximum atomic E-state index is 6.01. The summed E-state index contributed by atoms with van der Waals surface area (Å²) in [4.78, 5) is 2.47. The van der Waals surface area contributed by atoms with Gasteiger partial charge in [0, 0.05) is 24.7 Å². The van der Waals surface area contributed by atoms with E-state index >= 15 is 0 Å². The van der Waals surface area contributed by atoms with Crippen molar-refractivity contribution in [2.45, 2.75) is 71.1 Å². The number of ether oxygens (including phenoxy) is 1. The Morgan fingerprint density at radius 3 is 2.61 bits per heavy atom. The van der Waals surface area contributed by atoms with Gasteiger partial charge < -0.3 is 15.0 Å². The third-order valence-corrected chi connectivity index (χ3v) is 3.79. The van der Waals surface area contributed by atoms with Gasteiger partial charge in [0.05, 0.1) is 6.10 Å². The maximum Gasteiger partial charge on any atom is 0.0697 e. The Hall–Kier alpha value is -0.120. The van der Waals surface area contributed by atoms with Crippen LogP contribution in [-0.4, -0.2) is 49.3 Å². The predicted molar refractivity (Wildman–Crippen MR) is 78.1 cm³/mol. The Bertz CT molecular complexity index is 225. The molecule has 3 heteroatoms. The van der Waals surface area contributed by atoms with Gasteiger partial charge in [0.25, 0.3) is 0 Å². The van der Waals surface area contributed by atoms with Gasteiger partial charge in [-0.3, -0.25) is 0 Å². The quantitative estimate of drug-likeness (QED) is 0.758. The highest BCUT2D eigenvalue weighted by Gasteiger charge is 2.21. The van der Waals surface area contributed by atoms with Crippen LogP contribution in [0.15, 0.2) is 0 Å². The number of likely N-dealkylation sites (tertiary alicyclic amines) is 1. The van der Waals surface area contributed by atoms with Crippen LogP contribution in [0.3, 0.4) is 0 Å². The van der Waals surface area contributed by atoms with Crippen LogP contribution < -0.4 is 5.32 Å². The van der Waals surface area contributed by atoms with E-state index in [1.54, 1.807) is 0 Å². The highest BCUT2D eigenvalue weighted by atomic mass is 16.5. The van der Waals surface area contributed by atoms with Crippen LogP contribution >= 0.6 is 0 Å². The van der Waals surface area contributed by atoms with E-state index in [1.165, 1.54) is 25.8 Å². The lowest BCUT2D eigenvalue weighted by Gasteiger charge is -2.26. The molecule has 0 radical (unpaired) electrons. The summed E-state index contributed by atoms with van der Waals surface area (Å²) in [5.74, 6) is 0. The zero-order valence-corrected chi connectivity index (χ0v) is 13.0. The molecule has 1 N–H and O–H groups in total. The Labute approximate surface area is 113 Å². The lowest BCUT2D eigenvalue weighted by atomic mass is 10.1. The molecule has 1 aliphatic heterocycles. The van der Waals surface area contributed by atoms with Crippen molar-refractivity contribution in [2.75, 3.05) is 26.7 Å². The predicted octanol–water partition coefficient (Wildman–Crippen LogP) is 2.65. The molecule has 0 aliphatic carbocycles. The highest BCUT2D eigenvalue weighted by Crippen LogP contribution is 2.18. The summed E-state index contributed by atoms with van der Waals surface area (Å²) in [6.07, 6.45) is 5.32. The van der Waals surface area contributed by atoms with E-state index in [9.17, 15) is 0 Å². The van der Waals surface area contributed by atoms with E-state index in [4.69, 9.17) is 4.74 Å². The summed E-state index contributed by atoms with van der Waals surface area (Å²) in [6.45, 7) is 11.9. The summed E-state index contributed by atoms with van der Waals surface area (Å²) in [5.41, 5.74) is 0.183. The van der Waals surface area contributed by atoms with Crippen LogP contribution in [0.5, 0.6) is 0 Å². The largest absolute Gasteiger partial charge is 0.377 e. The molecule has 2 atom stereocenters. The van der Waals surface area contributed by atoms with E-state index in [-0.39, 0.29) is 5.54 Å². The van der Waals surface area contributed by atoms with Crippen LogP contribution in [0.2, 0.25) is 0 Å². The molecule has 0 aromatic rings. The molecule has 0 saturated carbocycles. The Balaban J connectivity index is 2.15. The minimum Gasteiger partial charge on any atom is -0.377 e. The lowest BCUT2D eigenvalue weighted by molar-refractivity contribution is 0.0364. The van der Waals surface area contributed by atoms with Crippen molar-refractivity contribution in [3.8, 4) is 0 Å². The van der Waals surface area contributed by atoms with E-state index in [1.807, 2.05) is 0 Å². The molecule has 18 heavy (non-hydrogen) atoms. The smallest absolute Gasteiger partial charge is 0.0697 e. The fourth-order valence-electron chi connectivity index (χ4n) is 2.46. The molecule has 0 bridgehead atoms. The van der Waals surface area contributed by atoms with Gasteiger partial charge in [0.2, 0.25) is 0 Å². The van der Waals surface area contributed by atoms with Crippen LogP contribution in [-0.2, 0) is 4.74 Å². The molecule has 0 aromatic carbocycles. The van der Waals surface area contributed by atoms with E-state index in [0.29, 0.717) is 6.10 Å². The molecule has 0 aromatic heterocycles. The molecule has 1 aliphatic rings. The Kier molecular flexibility index (Phi) is 6.61. The first-order valence-corrected chi connectivity index (χ1v) is 7.49. The van der Waals surface area contributed by atoms with Gasteiger partial charge in [-0.2, -0.15) is 0 Å². The second-order valence-electron chi connectivity index (χ2n) is 6.60. The number of rotatable bonds is 7. The zero-order valence-electron chi connectivity index (χ0n) is 13.0. The Morgan fingerprint density at radius 2 is 2.11 bits per heavy atom. The summed E-state index contributed by atoms with van der Waals surface area (Å²) in [7, 11) is 2.23. The van der Waals surface area contributed by atoms with Gasteiger partial charge >= 0.3 is 0 Å². The SMILES string of the molecule is CCC(CNC(C)(C)C)OCCC1CCCN1C. The van der Waals surface area contributed by atoms with Gasteiger partial charge in [0.1, 0.15) is 0 Å². The molecule has 1 fully saturated rings. The number of hydrogen-bond acceptors (Lipinski definition) is 3. The molecule has 0 spiro atoms. The molecule has 1 saturated heterocycles. The monoisotopic (exact) mass is 256 g/mol. The molecule has 108 valence electrons. The molecule has 1 heterocycles. The molecular weight excluding hydrogens is 224 g/mol. The fourth-order valence-corrected chi connectivity index (χ4v) is 2.46. The molecule has 1 rings (SSSR count). The summed E-state index contributed by atoms with van der Waals surface area (Å²) < 4.78 is 6.01. The van der Waals surface area contributed by atoms with Crippen LogP contribution in [0.4, 0.5) is 0 Å². The van der Waals surface area contributed by atoms with Crippen molar-refractivity contribution < 1.29 is 4.74 Å². The van der Waals surface area contributed by atoms with Crippen LogP contribution in [0.25, 0.3) is 0 Å². The second kappa shape index (κ2) is 7.46. The molecule has 0 amide bonds. The Morgan fingerprint density at radius 1 is 1.39 bits per heavy atom. The minimum absolute atomic E-state index is 0.183. The third kappa shape index (κ3) is 6.17. The standard InChI is InChI=1S/C15H32N2O/c1-6-14(12-16-15(2,3)4)18-11-9-13-8-7-10-17(13)5/h13-14,16H,6-12H2,1-5H3. The van der Waals surface area contributed by atoms with Gasteiger partial charge in [-0.15, -0.1) is 0 Å². The van der Waals surface area contributed by atoms with Crippen molar-refractivity contribution in [2.24, 2.45) is 0 Å². The van der Waals surface area contributed by atoms with Crippen LogP contribution in [0.1, 0.15) is 53.4 Å². The molecular formula is C15H32N2O. The van der Waals surface area contributed by atoms with Gasteiger partial charge in [-0.05, 0) is 60.0 Å². The summed E-state index contributed by atoms with van der Waals surface area (Å²) in [5, 5.41) is 3.52. The number of nitrogens with zero attached hydrogens (tertiary/aromatic N) is 1. The van der Waals surface area contributed by atoms with Gasteiger partial charge in [0.15, 0.2) is 0 Å². The number of hydrogen-bond donors (Lipinski definition) is 1. The first-order chi connectivity index (χ1) is 8.42. The summed E-state index contributed by atoms with van der Waals surface area (Å²) >= 11 is 0. The van der Waals surface area contributed by atoms with Gasteiger partial charge in [-0.25, -0.2) is 0 Å². The zero-order chi connectivity index (χ0) is 13.6. The normalized spacial score (nSPS) is 23.5. The van der Waals surface area contributed by atoms with Crippen LogP contribution in [0, 0.1) is 0 Å². The third-order valence-electron chi connectivity index (χ3n) is 3.79. The van der Waals surface area contributed by atoms with E-state index < -0.39 is 0 Å². The highest BCUT2D eigenvalue weighted by molar-refractivity contribution is 4.77. The maximum absolute atomic E-state index is 6.01. The number of nitrogens with one attached hydrogen (secondary N) is 1. The average molecular weight is 256 g/mol. The first-order valence-electron chi connectivity index (χ1n) is 7.49. The lowest BCUT2D eigenvalue weighted by Crippen LogP contribution is -2.41. The average Bonchev–Trinajstić information content (AvgIpc) is 2.68. The van der Waals surface area contributed by atoms with E-state index in [2.05, 4.69) is 45.0 Å². The molecule has 2 unspecified atom stereocenters. The fraction of sp³-hybridized carbons (Fsp3) is 1.00.